The summed E-state index contributed by atoms with van der Waals surface area (Å²) in [5.41, 5.74) is 5.94. The van der Waals surface area contributed by atoms with E-state index < -0.39 is 29.9 Å². The zero-order valence-corrected chi connectivity index (χ0v) is 16.2. The van der Waals surface area contributed by atoms with Crippen molar-refractivity contribution in [2.24, 2.45) is 5.73 Å². The minimum absolute atomic E-state index is 0.0258. The Morgan fingerprint density at radius 1 is 1.10 bits per heavy atom. The van der Waals surface area contributed by atoms with Gasteiger partial charge in [0.15, 0.2) is 17.5 Å². The number of ether oxygens (including phenoxy) is 3. The van der Waals surface area contributed by atoms with Gasteiger partial charge >= 0.3 is 18.1 Å². The summed E-state index contributed by atoms with van der Waals surface area (Å²) in [4.78, 5) is 23.6. The van der Waals surface area contributed by atoms with E-state index in [0.717, 1.165) is 0 Å². The van der Waals surface area contributed by atoms with E-state index in [1.165, 1.54) is 50.6 Å². The first-order valence-electron chi connectivity index (χ1n) is 8.46. The maximum absolute atomic E-state index is 12.6. The SMILES string of the molecule is COc1cc(C(Nc2ccc(C(=N)N)cc2)C(=O)OC(=O)C(F)(F)F)cc(OC)c1O. The van der Waals surface area contributed by atoms with Gasteiger partial charge < -0.3 is 30.4 Å². The third kappa shape index (κ3) is 5.56. The van der Waals surface area contributed by atoms with Crippen molar-refractivity contribution in [1.82, 2.24) is 0 Å². The molecule has 2 aromatic rings. The Hall–Kier alpha value is -3.96. The van der Waals surface area contributed by atoms with Crippen LogP contribution < -0.4 is 20.5 Å². The first-order chi connectivity index (χ1) is 14.5. The second-order valence-electron chi connectivity index (χ2n) is 6.05. The van der Waals surface area contributed by atoms with Crippen molar-refractivity contribution in [2.75, 3.05) is 19.5 Å². The van der Waals surface area contributed by atoms with Gasteiger partial charge in [-0.2, -0.15) is 13.2 Å². The number of amidine groups is 1. The molecule has 0 radical (unpaired) electrons. The standard InChI is InChI=1S/C19H18F3N3O6/c1-29-12-7-10(8-13(30-2)15(12)26)14(17(27)31-18(28)19(20,21)22)25-11-5-3-9(4-6-11)16(23)24/h3-8,14,25-26H,1-2H3,(H3,23,24). The van der Waals surface area contributed by atoms with Gasteiger partial charge in [0.25, 0.3) is 0 Å². The Kier molecular flexibility index (Phi) is 6.95. The van der Waals surface area contributed by atoms with Crippen LogP contribution in [0, 0.1) is 5.41 Å². The summed E-state index contributed by atoms with van der Waals surface area (Å²) in [5.74, 6) is -5.14. The lowest BCUT2D eigenvalue weighted by molar-refractivity contribution is -0.202. The molecule has 0 saturated heterocycles. The van der Waals surface area contributed by atoms with Gasteiger partial charge in [0.1, 0.15) is 5.84 Å². The van der Waals surface area contributed by atoms with Crippen molar-refractivity contribution in [3.63, 3.8) is 0 Å². The average Bonchev–Trinajstić information content (AvgIpc) is 2.71. The fourth-order valence-corrected chi connectivity index (χ4v) is 2.48. The number of hydrogen-bond acceptors (Lipinski definition) is 8. The smallest absolute Gasteiger partial charge is 0.491 e. The summed E-state index contributed by atoms with van der Waals surface area (Å²) in [5, 5.41) is 20.1. The van der Waals surface area contributed by atoms with Crippen LogP contribution in [0.15, 0.2) is 36.4 Å². The molecule has 0 amide bonds. The number of carbonyl (C=O) groups is 2. The molecule has 1 unspecified atom stereocenters. The number of benzene rings is 2. The Bertz CT molecular complexity index is 967. The van der Waals surface area contributed by atoms with Crippen LogP contribution in [0.5, 0.6) is 17.2 Å². The molecule has 2 rings (SSSR count). The maximum Gasteiger partial charge on any atom is 0.491 e. The number of alkyl halides is 3. The number of phenols is 1. The Morgan fingerprint density at radius 2 is 1.61 bits per heavy atom. The number of carbonyl (C=O) groups excluding carboxylic acids is 2. The first-order valence-corrected chi connectivity index (χ1v) is 8.46. The molecule has 0 heterocycles. The largest absolute Gasteiger partial charge is 0.502 e. The molecule has 5 N–H and O–H groups in total. The number of nitrogen functional groups attached to an aromatic ring is 1. The zero-order valence-electron chi connectivity index (χ0n) is 16.2. The van der Waals surface area contributed by atoms with Crippen LogP contribution in [-0.2, 0) is 14.3 Å². The number of anilines is 1. The molecule has 0 aliphatic carbocycles. The zero-order chi connectivity index (χ0) is 23.3. The molecule has 2 aromatic carbocycles. The average molecular weight is 441 g/mol. The summed E-state index contributed by atoms with van der Waals surface area (Å²) in [6, 6.07) is 6.41. The van der Waals surface area contributed by atoms with E-state index in [9.17, 15) is 27.9 Å². The molecule has 0 aliphatic heterocycles. The molecule has 0 spiro atoms. The van der Waals surface area contributed by atoms with Gasteiger partial charge in [-0.15, -0.1) is 0 Å². The Morgan fingerprint density at radius 3 is 2.03 bits per heavy atom. The summed E-state index contributed by atoms with van der Waals surface area (Å²) in [7, 11) is 2.43. The monoisotopic (exact) mass is 441 g/mol. The lowest BCUT2D eigenvalue weighted by Crippen LogP contribution is -2.32. The lowest BCUT2D eigenvalue weighted by atomic mass is 10.0. The van der Waals surface area contributed by atoms with E-state index in [1.807, 2.05) is 0 Å². The van der Waals surface area contributed by atoms with Crippen molar-refractivity contribution in [2.45, 2.75) is 12.2 Å². The number of nitrogens with one attached hydrogen (secondary N) is 2. The molecule has 12 heteroatoms. The fraction of sp³-hybridized carbons (Fsp3) is 0.211. The Labute approximate surface area is 174 Å². The van der Waals surface area contributed by atoms with Crippen molar-refractivity contribution >= 4 is 23.5 Å². The van der Waals surface area contributed by atoms with Gasteiger partial charge in [-0.3, -0.25) is 5.41 Å². The van der Waals surface area contributed by atoms with Gasteiger partial charge in [0, 0.05) is 11.3 Å². The molecule has 31 heavy (non-hydrogen) atoms. The number of esters is 2. The van der Waals surface area contributed by atoms with E-state index in [0.29, 0.717) is 5.56 Å². The van der Waals surface area contributed by atoms with E-state index in [2.05, 4.69) is 10.1 Å². The molecule has 0 aromatic heterocycles. The van der Waals surface area contributed by atoms with Gasteiger partial charge in [0.05, 0.1) is 14.2 Å². The second-order valence-corrected chi connectivity index (χ2v) is 6.05. The number of aromatic hydroxyl groups is 1. The molecule has 0 fully saturated rings. The number of hydrogen-bond donors (Lipinski definition) is 4. The van der Waals surface area contributed by atoms with Crippen molar-refractivity contribution in [1.29, 1.82) is 5.41 Å². The Balaban J connectivity index is 2.48. The topological polar surface area (TPSA) is 144 Å². The summed E-state index contributed by atoms with van der Waals surface area (Å²) >= 11 is 0. The third-order valence-electron chi connectivity index (χ3n) is 4.00. The predicted octanol–water partition coefficient (Wildman–Crippen LogP) is 2.48. The number of methoxy groups -OCH3 is 2. The van der Waals surface area contributed by atoms with Crippen LogP contribution in [-0.4, -0.2) is 43.3 Å². The molecule has 9 nitrogen and oxygen atoms in total. The lowest BCUT2D eigenvalue weighted by Gasteiger charge is -2.21. The number of rotatable bonds is 7. The van der Waals surface area contributed by atoms with E-state index in [-0.39, 0.29) is 28.6 Å². The van der Waals surface area contributed by atoms with E-state index >= 15 is 0 Å². The van der Waals surface area contributed by atoms with Crippen LogP contribution in [0.25, 0.3) is 0 Å². The summed E-state index contributed by atoms with van der Waals surface area (Å²) < 4.78 is 51.6. The molecule has 1 atom stereocenters. The first kappa shape index (κ1) is 23.3. The third-order valence-corrected chi connectivity index (χ3v) is 4.00. The van der Waals surface area contributed by atoms with Gasteiger partial charge in [0.2, 0.25) is 5.75 Å². The molecule has 0 bridgehead atoms. The molecular formula is C19H18F3N3O6. The summed E-state index contributed by atoms with van der Waals surface area (Å²) in [6.45, 7) is 0. The van der Waals surface area contributed by atoms with Crippen molar-refractivity contribution < 1.29 is 42.1 Å². The summed E-state index contributed by atoms with van der Waals surface area (Å²) in [6.07, 6.45) is -5.38. The van der Waals surface area contributed by atoms with Gasteiger partial charge in [-0.25, -0.2) is 9.59 Å². The highest BCUT2D eigenvalue weighted by molar-refractivity contribution is 5.95. The molecular weight excluding hydrogens is 423 g/mol. The predicted molar refractivity (Wildman–Crippen MR) is 102 cm³/mol. The number of nitrogens with two attached hydrogens (primary N) is 1. The fourth-order valence-electron chi connectivity index (χ4n) is 2.48. The minimum Gasteiger partial charge on any atom is -0.502 e. The highest BCUT2D eigenvalue weighted by Crippen LogP contribution is 2.39. The minimum atomic E-state index is -5.38. The van der Waals surface area contributed by atoms with E-state index in [1.54, 1.807) is 0 Å². The highest BCUT2D eigenvalue weighted by atomic mass is 19.4. The van der Waals surface area contributed by atoms with Crippen LogP contribution in [0.4, 0.5) is 18.9 Å². The van der Waals surface area contributed by atoms with Crippen molar-refractivity contribution in [3.8, 4) is 17.2 Å². The molecule has 0 saturated carbocycles. The van der Waals surface area contributed by atoms with Crippen molar-refractivity contribution in [3.05, 3.63) is 47.5 Å². The van der Waals surface area contributed by atoms with Crippen LogP contribution in [0.1, 0.15) is 17.2 Å². The molecule has 166 valence electrons. The second kappa shape index (κ2) is 9.24. The normalized spacial score (nSPS) is 11.9. The number of phenolic OH excluding ortho intramolecular Hbond substituents is 1. The van der Waals surface area contributed by atoms with Gasteiger partial charge in [-0.1, -0.05) is 0 Å². The highest BCUT2D eigenvalue weighted by Gasteiger charge is 2.43. The quantitative estimate of drug-likeness (QED) is 0.222. The van der Waals surface area contributed by atoms with E-state index in [4.69, 9.17) is 20.6 Å². The van der Waals surface area contributed by atoms with Crippen LogP contribution in [0.3, 0.4) is 0 Å². The maximum atomic E-state index is 12.6. The van der Waals surface area contributed by atoms with Gasteiger partial charge in [-0.05, 0) is 42.0 Å². The molecule has 0 aliphatic rings. The van der Waals surface area contributed by atoms with Crippen LogP contribution >= 0.6 is 0 Å². The number of halogens is 3. The van der Waals surface area contributed by atoms with Crippen LogP contribution in [0.2, 0.25) is 0 Å².